The summed E-state index contributed by atoms with van der Waals surface area (Å²) in [6, 6.07) is 1.66. The molecule has 8 heteroatoms. The van der Waals surface area contributed by atoms with E-state index in [0.29, 0.717) is 36.2 Å². The minimum atomic E-state index is -4.44. The molecule has 2 unspecified atom stereocenters. The van der Waals surface area contributed by atoms with E-state index in [0.717, 1.165) is 50.9 Å². The zero-order valence-corrected chi connectivity index (χ0v) is 16.2. The lowest BCUT2D eigenvalue weighted by atomic mass is 9.92. The highest BCUT2D eigenvalue weighted by Gasteiger charge is 2.49. The Morgan fingerprint density at radius 2 is 2.03 bits per heavy atom. The van der Waals surface area contributed by atoms with Crippen LogP contribution in [0.15, 0.2) is 27.8 Å². The van der Waals surface area contributed by atoms with Crippen molar-refractivity contribution in [2.75, 3.05) is 13.1 Å². The molecule has 2 fully saturated rings. The van der Waals surface area contributed by atoms with Crippen LogP contribution in [0, 0.1) is 5.92 Å². The Balaban J connectivity index is 1.58. The molecule has 2 aliphatic heterocycles. The number of hydrogen-bond acceptors (Lipinski definition) is 4. The SMILES string of the molecule is FC(F)(F)C1N=C2CCCC2c2c1nc(-c1ccco1)n2CCC1CCNCC1. The molecular formula is C21H25F3N4O. The molecule has 0 aromatic carbocycles. The normalized spacial score (nSPS) is 25.0. The largest absolute Gasteiger partial charge is 0.461 e. The summed E-state index contributed by atoms with van der Waals surface area (Å²) in [7, 11) is 0. The third kappa shape index (κ3) is 3.41. The van der Waals surface area contributed by atoms with Crippen LogP contribution in [0.2, 0.25) is 0 Å². The first-order valence-electron chi connectivity index (χ1n) is 10.5. The van der Waals surface area contributed by atoms with E-state index < -0.39 is 12.2 Å². The van der Waals surface area contributed by atoms with Gasteiger partial charge in [0, 0.05) is 18.2 Å². The second kappa shape index (κ2) is 7.31. The van der Waals surface area contributed by atoms with Crippen LogP contribution in [0.4, 0.5) is 13.2 Å². The maximum Gasteiger partial charge on any atom is 0.416 e. The van der Waals surface area contributed by atoms with Crippen molar-refractivity contribution in [2.45, 2.75) is 63.2 Å². The predicted octanol–water partition coefficient (Wildman–Crippen LogP) is 4.86. The highest BCUT2D eigenvalue weighted by Crippen LogP contribution is 2.48. The van der Waals surface area contributed by atoms with Crippen molar-refractivity contribution in [3.8, 4) is 11.6 Å². The predicted molar refractivity (Wildman–Crippen MR) is 103 cm³/mol. The molecule has 0 bridgehead atoms. The number of fused-ring (bicyclic) bond motifs is 3. The second-order valence-electron chi connectivity index (χ2n) is 8.33. The molecule has 1 aliphatic carbocycles. The summed E-state index contributed by atoms with van der Waals surface area (Å²) >= 11 is 0. The first kappa shape index (κ1) is 18.9. The molecule has 4 heterocycles. The summed E-state index contributed by atoms with van der Waals surface area (Å²) < 4.78 is 49.1. The Morgan fingerprint density at radius 1 is 1.21 bits per heavy atom. The highest BCUT2D eigenvalue weighted by atomic mass is 19.4. The van der Waals surface area contributed by atoms with Crippen LogP contribution in [0.1, 0.15) is 61.9 Å². The van der Waals surface area contributed by atoms with Gasteiger partial charge in [0.15, 0.2) is 17.6 Å². The lowest BCUT2D eigenvalue weighted by Crippen LogP contribution is -2.29. The number of imidazole rings is 1. The maximum absolute atomic E-state index is 13.9. The van der Waals surface area contributed by atoms with Gasteiger partial charge >= 0.3 is 6.18 Å². The summed E-state index contributed by atoms with van der Waals surface area (Å²) in [5.74, 6) is 1.56. The fraction of sp³-hybridized carbons (Fsp3) is 0.619. The van der Waals surface area contributed by atoms with Gasteiger partial charge in [-0.3, -0.25) is 4.99 Å². The van der Waals surface area contributed by atoms with E-state index in [1.165, 1.54) is 0 Å². The van der Waals surface area contributed by atoms with Crippen LogP contribution >= 0.6 is 0 Å². The molecule has 5 rings (SSSR count). The van der Waals surface area contributed by atoms with Gasteiger partial charge in [0.1, 0.15) is 0 Å². The molecular weight excluding hydrogens is 381 g/mol. The van der Waals surface area contributed by atoms with Crippen LogP contribution in [0.25, 0.3) is 11.6 Å². The summed E-state index contributed by atoms with van der Waals surface area (Å²) in [5, 5.41) is 3.37. The molecule has 0 amide bonds. The van der Waals surface area contributed by atoms with Crippen LogP contribution in [-0.2, 0) is 6.54 Å². The van der Waals surface area contributed by atoms with Crippen molar-refractivity contribution in [3.63, 3.8) is 0 Å². The van der Waals surface area contributed by atoms with Gasteiger partial charge in [0.2, 0.25) is 0 Å². The van der Waals surface area contributed by atoms with Crippen molar-refractivity contribution in [1.29, 1.82) is 0 Å². The summed E-state index contributed by atoms with van der Waals surface area (Å²) in [5.41, 5.74) is 1.48. The highest BCUT2D eigenvalue weighted by molar-refractivity contribution is 5.94. The number of halogens is 3. The summed E-state index contributed by atoms with van der Waals surface area (Å²) in [6.07, 6.45) is 2.61. The number of hydrogen-bond donors (Lipinski definition) is 1. The molecule has 1 saturated heterocycles. The van der Waals surface area contributed by atoms with Crippen molar-refractivity contribution >= 4 is 5.71 Å². The zero-order valence-electron chi connectivity index (χ0n) is 16.2. The van der Waals surface area contributed by atoms with Crippen molar-refractivity contribution in [3.05, 3.63) is 29.8 Å². The van der Waals surface area contributed by atoms with E-state index in [1.807, 2.05) is 4.57 Å². The van der Waals surface area contributed by atoms with Crippen molar-refractivity contribution < 1.29 is 17.6 Å². The Hall–Kier alpha value is -2.09. The van der Waals surface area contributed by atoms with Gasteiger partial charge in [-0.1, -0.05) is 0 Å². The number of piperidine rings is 1. The van der Waals surface area contributed by atoms with Crippen LogP contribution in [0.3, 0.4) is 0 Å². The topological polar surface area (TPSA) is 55.4 Å². The standard InChI is InChI=1S/C21H25F3N4O/c22-21(23,24)19-17-18(14-3-1-4-15(14)26-19)28(11-8-13-6-9-25-10-7-13)20(27-17)16-5-2-12-29-16/h2,5,12-14,19,25H,1,3-4,6-11H2. The van der Waals surface area contributed by atoms with Gasteiger partial charge in [-0.25, -0.2) is 4.98 Å². The monoisotopic (exact) mass is 406 g/mol. The van der Waals surface area contributed by atoms with E-state index in [-0.39, 0.29) is 11.6 Å². The van der Waals surface area contributed by atoms with Gasteiger partial charge in [-0.05, 0) is 69.7 Å². The third-order valence-corrected chi connectivity index (χ3v) is 6.52. The average molecular weight is 406 g/mol. The molecule has 2 aromatic rings. The minimum Gasteiger partial charge on any atom is -0.461 e. The fourth-order valence-electron chi connectivity index (χ4n) is 5.09. The molecule has 0 spiro atoms. The number of aromatic nitrogens is 2. The van der Waals surface area contributed by atoms with Gasteiger partial charge in [0.05, 0.1) is 17.7 Å². The lowest BCUT2D eigenvalue weighted by Gasteiger charge is -2.28. The molecule has 2 aromatic heterocycles. The first-order valence-corrected chi connectivity index (χ1v) is 10.5. The Labute approximate surface area is 167 Å². The fourth-order valence-corrected chi connectivity index (χ4v) is 5.09. The molecule has 3 aliphatic rings. The number of nitrogens with zero attached hydrogens (tertiary/aromatic N) is 3. The number of nitrogens with one attached hydrogen (secondary N) is 1. The first-order chi connectivity index (χ1) is 14.0. The molecule has 1 saturated carbocycles. The van der Waals surface area contributed by atoms with E-state index in [1.54, 1.807) is 18.4 Å². The third-order valence-electron chi connectivity index (χ3n) is 6.52. The number of rotatable bonds is 4. The van der Waals surface area contributed by atoms with Gasteiger partial charge in [-0.2, -0.15) is 13.2 Å². The Kier molecular flexibility index (Phi) is 4.76. The van der Waals surface area contributed by atoms with Crippen LogP contribution in [0.5, 0.6) is 0 Å². The van der Waals surface area contributed by atoms with E-state index in [4.69, 9.17) is 4.42 Å². The molecule has 1 N–H and O–H groups in total. The Bertz CT molecular complexity index is 894. The van der Waals surface area contributed by atoms with Crippen molar-refractivity contribution in [1.82, 2.24) is 14.9 Å². The maximum atomic E-state index is 13.9. The molecule has 2 atom stereocenters. The number of furan rings is 1. The number of alkyl halides is 3. The number of aliphatic imine (C=N–C) groups is 1. The minimum absolute atomic E-state index is 0.0483. The Morgan fingerprint density at radius 3 is 2.76 bits per heavy atom. The van der Waals surface area contributed by atoms with Crippen LogP contribution in [-0.4, -0.2) is 34.5 Å². The smallest absolute Gasteiger partial charge is 0.416 e. The second-order valence-corrected chi connectivity index (χ2v) is 8.33. The van der Waals surface area contributed by atoms with E-state index >= 15 is 0 Å². The molecule has 29 heavy (non-hydrogen) atoms. The van der Waals surface area contributed by atoms with Gasteiger partial charge in [0.25, 0.3) is 0 Å². The average Bonchev–Trinajstić information content (AvgIpc) is 3.43. The summed E-state index contributed by atoms with van der Waals surface area (Å²) in [4.78, 5) is 8.61. The molecule has 156 valence electrons. The van der Waals surface area contributed by atoms with E-state index in [9.17, 15) is 13.2 Å². The lowest BCUT2D eigenvalue weighted by molar-refractivity contribution is -0.149. The van der Waals surface area contributed by atoms with Crippen LogP contribution < -0.4 is 5.32 Å². The van der Waals surface area contributed by atoms with E-state index in [2.05, 4.69) is 15.3 Å². The van der Waals surface area contributed by atoms with Crippen molar-refractivity contribution in [2.24, 2.45) is 10.9 Å². The molecule has 5 nitrogen and oxygen atoms in total. The van der Waals surface area contributed by atoms with Gasteiger partial charge in [-0.15, -0.1) is 0 Å². The zero-order chi connectivity index (χ0) is 20.0. The molecule has 0 radical (unpaired) electrons. The van der Waals surface area contributed by atoms with Gasteiger partial charge < -0.3 is 14.3 Å². The summed E-state index contributed by atoms with van der Waals surface area (Å²) in [6.45, 7) is 2.68. The quantitative estimate of drug-likeness (QED) is 0.789.